The van der Waals surface area contributed by atoms with Crippen LogP contribution in [0.5, 0.6) is 0 Å². The molecule has 0 aliphatic rings. The molecule has 0 atom stereocenters. The topological polar surface area (TPSA) is 30.7 Å². The summed E-state index contributed by atoms with van der Waals surface area (Å²) >= 11 is 0. The van der Waals surface area contributed by atoms with Crippen molar-refractivity contribution in [3.63, 3.8) is 0 Å². The zero-order valence-corrected chi connectivity index (χ0v) is 8.15. The monoisotopic (exact) mass is 173 g/mol. The lowest BCUT2D eigenvalue weighted by Crippen LogP contribution is -2.05. The average molecular weight is 173 g/mol. The number of aryl methyl sites for hydroxylation is 1. The van der Waals surface area contributed by atoms with Crippen LogP contribution in [0.25, 0.3) is 10.9 Å². The fourth-order valence-corrected chi connectivity index (χ4v) is 1.07. The van der Waals surface area contributed by atoms with Gasteiger partial charge in [-0.05, 0) is 11.7 Å². The minimum absolute atomic E-state index is 0.533. The predicted molar refractivity (Wildman–Crippen MR) is 55.2 cm³/mol. The molecule has 0 aliphatic heterocycles. The SMILES string of the molecule is CC.[B]c1cc2cn(C)nc2cn1. The van der Waals surface area contributed by atoms with Crippen molar-refractivity contribution in [2.45, 2.75) is 13.8 Å². The molecule has 0 aromatic carbocycles. The summed E-state index contributed by atoms with van der Waals surface area (Å²) in [6, 6.07) is 1.81. The highest BCUT2D eigenvalue weighted by Crippen LogP contribution is 2.06. The van der Waals surface area contributed by atoms with Gasteiger partial charge in [-0.3, -0.25) is 9.67 Å². The van der Waals surface area contributed by atoms with E-state index in [0.29, 0.717) is 5.59 Å². The van der Waals surface area contributed by atoms with Gasteiger partial charge in [0.05, 0.1) is 6.20 Å². The molecule has 0 saturated carbocycles. The fraction of sp³-hybridized carbons (Fsp3) is 0.333. The van der Waals surface area contributed by atoms with Crippen molar-refractivity contribution in [1.29, 1.82) is 0 Å². The van der Waals surface area contributed by atoms with Crippen molar-refractivity contribution in [3.8, 4) is 0 Å². The van der Waals surface area contributed by atoms with Crippen LogP contribution in [0.4, 0.5) is 0 Å². The van der Waals surface area contributed by atoms with Gasteiger partial charge in [0.2, 0.25) is 0 Å². The van der Waals surface area contributed by atoms with Crippen molar-refractivity contribution in [2.75, 3.05) is 0 Å². The van der Waals surface area contributed by atoms with E-state index < -0.39 is 0 Å². The maximum atomic E-state index is 5.48. The second-order valence-corrected chi connectivity index (χ2v) is 2.47. The maximum Gasteiger partial charge on any atom is 0.141 e. The summed E-state index contributed by atoms with van der Waals surface area (Å²) in [6.07, 6.45) is 3.58. The Morgan fingerprint density at radius 1 is 1.38 bits per heavy atom. The molecule has 0 fully saturated rings. The Balaban J connectivity index is 0.000000396. The lowest BCUT2D eigenvalue weighted by atomic mass is 10.0. The number of hydrogen-bond donors (Lipinski definition) is 0. The average Bonchev–Trinajstić information content (AvgIpc) is 2.48. The van der Waals surface area contributed by atoms with Crippen LogP contribution in [0, 0.1) is 0 Å². The number of fused-ring (bicyclic) bond motifs is 1. The van der Waals surface area contributed by atoms with Crippen LogP contribution in [-0.4, -0.2) is 22.6 Å². The van der Waals surface area contributed by atoms with Gasteiger partial charge in [-0.1, -0.05) is 13.8 Å². The van der Waals surface area contributed by atoms with Gasteiger partial charge >= 0.3 is 0 Å². The van der Waals surface area contributed by atoms with Crippen LogP contribution >= 0.6 is 0 Å². The molecule has 2 radical (unpaired) electrons. The van der Waals surface area contributed by atoms with Crippen molar-refractivity contribution in [3.05, 3.63) is 18.5 Å². The molecule has 0 N–H and O–H groups in total. The van der Waals surface area contributed by atoms with Crippen LogP contribution in [-0.2, 0) is 7.05 Å². The molecule has 3 nitrogen and oxygen atoms in total. The Kier molecular flexibility index (Phi) is 3.06. The zero-order valence-electron chi connectivity index (χ0n) is 8.15. The quantitative estimate of drug-likeness (QED) is 0.551. The highest BCUT2D eigenvalue weighted by atomic mass is 15.2. The molecule has 13 heavy (non-hydrogen) atoms. The van der Waals surface area contributed by atoms with E-state index in [1.165, 1.54) is 0 Å². The molecule has 2 rings (SSSR count). The second kappa shape index (κ2) is 4.07. The summed E-state index contributed by atoms with van der Waals surface area (Å²) in [5.74, 6) is 0. The Labute approximate surface area is 79.2 Å². The van der Waals surface area contributed by atoms with Crippen LogP contribution in [0.1, 0.15) is 13.8 Å². The van der Waals surface area contributed by atoms with Crippen LogP contribution in [0.2, 0.25) is 0 Å². The molecule has 0 spiro atoms. The predicted octanol–water partition coefficient (Wildman–Crippen LogP) is 0.788. The van der Waals surface area contributed by atoms with E-state index in [0.717, 1.165) is 10.9 Å². The molecule has 0 bridgehead atoms. The van der Waals surface area contributed by atoms with E-state index >= 15 is 0 Å². The van der Waals surface area contributed by atoms with Crippen molar-refractivity contribution in [1.82, 2.24) is 14.8 Å². The third-order valence-corrected chi connectivity index (χ3v) is 1.53. The molecule has 0 saturated heterocycles. The first kappa shape index (κ1) is 9.77. The van der Waals surface area contributed by atoms with E-state index in [-0.39, 0.29) is 0 Å². The fourth-order valence-electron chi connectivity index (χ4n) is 1.07. The van der Waals surface area contributed by atoms with Crippen LogP contribution in [0.15, 0.2) is 18.5 Å². The second-order valence-electron chi connectivity index (χ2n) is 2.47. The van der Waals surface area contributed by atoms with Gasteiger partial charge in [0, 0.05) is 18.6 Å². The van der Waals surface area contributed by atoms with E-state index in [1.807, 2.05) is 33.2 Å². The smallest absolute Gasteiger partial charge is 0.141 e. The molecule has 2 aromatic rings. The Bertz CT molecular complexity index is 395. The van der Waals surface area contributed by atoms with Gasteiger partial charge in [-0.25, -0.2) is 0 Å². The molecule has 4 heteroatoms. The third kappa shape index (κ3) is 2.08. The first-order chi connectivity index (χ1) is 6.25. The van der Waals surface area contributed by atoms with Gasteiger partial charge in [0.1, 0.15) is 13.4 Å². The van der Waals surface area contributed by atoms with E-state index in [9.17, 15) is 0 Å². The summed E-state index contributed by atoms with van der Waals surface area (Å²) in [5, 5.41) is 5.18. The van der Waals surface area contributed by atoms with E-state index in [2.05, 4.69) is 10.1 Å². The van der Waals surface area contributed by atoms with Crippen molar-refractivity contribution >= 4 is 24.3 Å². The number of pyridine rings is 1. The molecular weight excluding hydrogens is 161 g/mol. The van der Waals surface area contributed by atoms with Gasteiger partial charge < -0.3 is 0 Å². The van der Waals surface area contributed by atoms with Crippen molar-refractivity contribution < 1.29 is 0 Å². The highest BCUT2D eigenvalue weighted by molar-refractivity contribution is 6.31. The molecule has 2 aromatic heterocycles. The number of rotatable bonds is 0. The Morgan fingerprint density at radius 2 is 2.08 bits per heavy atom. The summed E-state index contributed by atoms with van der Waals surface area (Å²) in [5.41, 5.74) is 1.41. The van der Waals surface area contributed by atoms with Gasteiger partial charge in [-0.2, -0.15) is 5.10 Å². The highest BCUT2D eigenvalue weighted by Gasteiger charge is 1.96. The van der Waals surface area contributed by atoms with Gasteiger partial charge in [0.25, 0.3) is 0 Å². The minimum atomic E-state index is 0.533. The summed E-state index contributed by atoms with van der Waals surface area (Å²) < 4.78 is 1.74. The van der Waals surface area contributed by atoms with E-state index in [4.69, 9.17) is 7.85 Å². The summed E-state index contributed by atoms with van der Waals surface area (Å²) in [7, 11) is 7.36. The van der Waals surface area contributed by atoms with Gasteiger partial charge in [-0.15, -0.1) is 0 Å². The van der Waals surface area contributed by atoms with Crippen molar-refractivity contribution in [2.24, 2.45) is 7.05 Å². The normalized spacial score (nSPS) is 9.46. The minimum Gasteiger partial charge on any atom is -0.275 e. The summed E-state index contributed by atoms with van der Waals surface area (Å²) in [4.78, 5) is 3.92. The van der Waals surface area contributed by atoms with E-state index in [1.54, 1.807) is 10.9 Å². The Morgan fingerprint density at radius 3 is 2.77 bits per heavy atom. The lowest BCUT2D eigenvalue weighted by molar-refractivity contribution is 0.779. The first-order valence-corrected chi connectivity index (χ1v) is 4.30. The van der Waals surface area contributed by atoms with Crippen LogP contribution in [0.3, 0.4) is 0 Å². The largest absolute Gasteiger partial charge is 0.275 e. The van der Waals surface area contributed by atoms with Crippen LogP contribution < -0.4 is 5.59 Å². The zero-order chi connectivity index (χ0) is 9.84. The first-order valence-electron chi connectivity index (χ1n) is 4.30. The molecular formula is C9H12BN3. The Hall–Kier alpha value is -1.32. The molecule has 0 unspecified atom stereocenters. The molecule has 66 valence electrons. The number of aromatic nitrogens is 3. The van der Waals surface area contributed by atoms with Gasteiger partial charge in [0.15, 0.2) is 0 Å². The molecule has 0 aliphatic carbocycles. The number of hydrogen-bond acceptors (Lipinski definition) is 2. The maximum absolute atomic E-state index is 5.48. The standard InChI is InChI=1S/C7H6BN3.C2H6/c1-11-4-5-2-7(8)9-3-6(5)10-11;1-2/h2-4H,1H3;1-2H3. The lowest BCUT2D eigenvalue weighted by Gasteiger charge is -1.88. The third-order valence-electron chi connectivity index (χ3n) is 1.53. The molecule has 0 amide bonds. The summed E-state index contributed by atoms with van der Waals surface area (Å²) in [6.45, 7) is 4.00. The molecule has 2 heterocycles. The number of nitrogens with zero attached hydrogens (tertiary/aromatic N) is 3.